The van der Waals surface area contributed by atoms with Gasteiger partial charge in [-0.3, -0.25) is 14.9 Å². The van der Waals surface area contributed by atoms with E-state index >= 15 is 0 Å². The molecule has 0 radical (unpaired) electrons. The molecular formula is C14H21N3O3. The van der Waals surface area contributed by atoms with E-state index in [2.05, 4.69) is 5.32 Å². The summed E-state index contributed by atoms with van der Waals surface area (Å²) in [7, 11) is 0. The highest BCUT2D eigenvalue weighted by Crippen LogP contribution is 2.27. The summed E-state index contributed by atoms with van der Waals surface area (Å²) < 4.78 is 0. The van der Waals surface area contributed by atoms with Gasteiger partial charge in [0.25, 0.3) is 5.69 Å². The molecule has 0 saturated carbocycles. The average Bonchev–Trinajstić information content (AvgIpc) is 2.32. The van der Waals surface area contributed by atoms with Crippen LogP contribution >= 0.6 is 0 Å². The molecule has 0 spiro atoms. The van der Waals surface area contributed by atoms with Gasteiger partial charge < -0.3 is 11.1 Å². The van der Waals surface area contributed by atoms with Crippen molar-refractivity contribution >= 4 is 17.3 Å². The molecule has 0 heterocycles. The monoisotopic (exact) mass is 279 g/mol. The molecule has 0 bridgehead atoms. The molecule has 1 rings (SSSR count). The molecule has 0 aliphatic carbocycles. The standard InChI is InChI=1S/C14H21N3O3/c1-8(2)11(7-15)14(18)16-12-6-13(17(19)20)10(4)5-9(12)3/h5-6,8,11H,7,15H2,1-4H3,(H,16,18). The van der Waals surface area contributed by atoms with Crippen molar-refractivity contribution in [1.82, 2.24) is 0 Å². The predicted octanol–water partition coefficient (Wildman–Crippen LogP) is 2.38. The molecule has 1 atom stereocenters. The van der Waals surface area contributed by atoms with Gasteiger partial charge in [0.1, 0.15) is 0 Å². The van der Waals surface area contributed by atoms with Crippen LogP contribution in [-0.4, -0.2) is 17.4 Å². The number of carbonyl (C=O) groups excluding carboxylic acids is 1. The summed E-state index contributed by atoms with van der Waals surface area (Å²) in [6.07, 6.45) is 0. The van der Waals surface area contributed by atoms with Gasteiger partial charge >= 0.3 is 0 Å². The fraction of sp³-hybridized carbons (Fsp3) is 0.500. The lowest BCUT2D eigenvalue weighted by Gasteiger charge is -2.19. The molecule has 1 aromatic carbocycles. The molecule has 0 aliphatic rings. The average molecular weight is 279 g/mol. The van der Waals surface area contributed by atoms with E-state index in [4.69, 9.17) is 5.73 Å². The third-order valence-corrected chi connectivity index (χ3v) is 3.39. The van der Waals surface area contributed by atoms with Crippen LogP contribution in [0.4, 0.5) is 11.4 Å². The number of nitrogens with one attached hydrogen (secondary N) is 1. The Balaban J connectivity index is 3.06. The van der Waals surface area contributed by atoms with Crippen molar-refractivity contribution in [1.29, 1.82) is 0 Å². The number of nitrogens with two attached hydrogens (primary N) is 1. The van der Waals surface area contributed by atoms with Gasteiger partial charge in [-0.25, -0.2) is 0 Å². The highest BCUT2D eigenvalue weighted by molar-refractivity contribution is 5.94. The summed E-state index contributed by atoms with van der Waals surface area (Å²) in [5, 5.41) is 13.7. The van der Waals surface area contributed by atoms with Gasteiger partial charge in [0.05, 0.1) is 16.5 Å². The van der Waals surface area contributed by atoms with Gasteiger partial charge in [-0.1, -0.05) is 13.8 Å². The molecule has 6 nitrogen and oxygen atoms in total. The van der Waals surface area contributed by atoms with Crippen molar-refractivity contribution < 1.29 is 9.72 Å². The molecule has 0 saturated heterocycles. The lowest BCUT2D eigenvalue weighted by Crippen LogP contribution is -2.33. The lowest BCUT2D eigenvalue weighted by molar-refractivity contribution is -0.385. The number of carbonyl (C=O) groups is 1. The third kappa shape index (κ3) is 3.54. The number of anilines is 1. The molecular weight excluding hydrogens is 258 g/mol. The number of amides is 1. The first kappa shape index (κ1) is 16.1. The molecule has 1 unspecified atom stereocenters. The topological polar surface area (TPSA) is 98.3 Å². The molecule has 0 aromatic heterocycles. The van der Waals surface area contributed by atoms with Crippen LogP contribution in [0.5, 0.6) is 0 Å². The largest absolute Gasteiger partial charge is 0.330 e. The number of benzene rings is 1. The van der Waals surface area contributed by atoms with Crippen LogP contribution in [-0.2, 0) is 4.79 Å². The maximum Gasteiger partial charge on any atom is 0.274 e. The Bertz CT molecular complexity index is 527. The zero-order chi connectivity index (χ0) is 15.4. The third-order valence-electron chi connectivity index (χ3n) is 3.39. The minimum absolute atomic E-state index is 0.000236. The minimum Gasteiger partial charge on any atom is -0.330 e. The smallest absolute Gasteiger partial charge is 0.274 e. The number of nitro benzene ring substituents is 1. The quantitative estimate of drug-likeness (QED) is 0.638. The molecule has 110 valence electrons. The molecule has 0 fully saturated rings. The van der Waals surface area contributed by atoms with E-state index < -0.39 is 4.92 Å². The van der Waals surface area contributed by atoms with Gasteiger partial charge in [-0.2, -0.15) is 0 Å². The van der Waals surface area contributed by atoms with E-state index in [0.717, 1.165) is 5.56 Å². The maximum absolute atomic E-state index is 12.1. The second-order valence-electron chi connectivity index (χ2n) is 5.29. The van der Waals surface area contributed by atoms with Gasteiger partial charge in [-0.15, -0.1) is 0 Å². The summed E-state index contributed by atoms with van der Waals surface area (Å²) in [5.74, 6) is -0.403. The Morgan fingerprint density at radius 3 is 2.40 bits per heavy atom. The van der Waals surface area contributed by atoms with Gasteiger partial charge in [-0.05, 0) is 31.4 Å². The van der Waals surface area contributed by atoms with Crippen molar-refractivity contribution in [2.75, 3.05) is 11.9 Å². The minimum atomic E-state index is -0.451. The zero-order valence-electron chi connectivity index (χ0n) is 12.3. The number of nitrogens with zero attached hydrogens (tertiary/aromatic N) is 1. The first-order valence-corrected chi connectivity index (χ1v) is 6.54. The number of hydrogen-bond donors (Lipinski definition) is 2. The molecule has 20 heavy (non-hydrogen) atoms. The van der Waals surface area contributed by atoms with Gasteiger partial charge in [0.15, 0.2) is 0 Å². The first-order valence-electron chi connectivity index (χ1n) is 6.54. The van der Waals surface area contributed by atoms with Crippen molar-refractivity contribution in [2.45, 2.75) is 27.7 Å². The van der Waals surface area contributed by atoms with E-state index in [1.54, 1.807) is 19.9 Å². The SMILES string of the molecule is Cc1cc(C)c([N+](=O)[O-])cc1NC(=O)C(CN)C(C)C. The first-order chi connectivity index (χ1) is 9.27. The maximum atomic E-state index is 12.1. The molecule has 0 aliphatic heterocycles. The Hall–Kier alpha value is -1.95. The fourth-order valence-electron chi connectivity index (χ4n) is 2.08. The van der Waals surface area contributed by atoms with Crippen molar-refractivity contribution in [3.63, 3.8) is 0 Å². The van der Waals surface area contributed by atoms with Crippen molar-refractivity contribution in [2.24, 2.45) is 17.6 Å². The van der Waals surface area contributed by atoms with E-state index in [-0.39, 0.29) is 30.0 Å². The Kier molecular flexibility index (Phi) is 5.21. The van der Waals surface area contributed by atoms with Crippen molar-refractivity contribution in [3.8, 4) is 0 Å². The molecule has 1 aromatic rings. The Morgan fingerprint density at radius 2 is 1.95 bits per heavy atom. The summed E-state index contributed by atoms with van der Waals surface area (Å²) in [5.41, 5.74) is 7.43. The van der Waals surface area contributed by atoms with E-state index in [0.29, 0.717) is 11.3 Å². The number of aryl methyl sites for hydroxylation is 2. The van der Waals surface area contributed by atoms with Crippen LogP contribution in [0.2, 0.25) is 0 Å². The lowest BCUT2D eigenvalue weighted by atomic mass is 9.95. The molecule has 3 N–H and O–H groups in total. The Morgan fingerprint density at radius 1 is 1.35 bits per heavy atom. The van der Waals surface area contributed by atoms with Crippen LogP contribution in [0.1, 0.15) is 25.0 Å². The van der Waals surface area contributed by atoms with Crippen molar-refractivity contribution in [3.05, 3.63) is 33.4 Å². The predicted molar refractivity (Wildman–Crippen MR) is 78.6 cm³/mol. The summed E-state index contributed by atoms with van der Waals surface area (Å²) in [6, 6.07) is 3.09. The summed E-state index contributed by atoms with van der Waals surface area (Å²) in [6.45, 7) is 7.56. The van der Waals surface area contributed by atoms with Crippen LogP contribution < -0.4 is 11.1 Å². The van der Waals surface area contributed by atoms with Gasteiger partial charge in [0.2, 0.25) is 5.91 Å². The number of nitro groups is 1. The van der Waals surface area contributed by atoms with E-state index in [1.807, 2.05) is 13.8 Å². The second kappa shape index (κ2) is 6.47. The van der Waals surface area contributed by atoms with Gasteiger partial charge in [0, 0.05) is 18.2 Å². The van der Waals surface area contributed by atoms with E-state index in [9.17, 15) is 14.9 Å². The van der Waals surface area contributed by atoms with Crippen LogP contribution in [0, 0.1) is 35.8 Å². The number of hydrogen-bond acceptors (Lipinski definition) is 4. The molecule has 1 amide bonds. The highest BCUT2D eigenvalue weighted by Gasteiger charge is 2.22. The Labute approximate surface area is 118 Å². The van der Waals surface area contributed by atoms with Crippen LogP contribution in [0.3, 0.4) is 0 Å². The normalized spacial score (nSPS) is 12.3. The number of rotatable bonds is 5. The summed E-state index contributed by atoms with van der Waals surface area (Å²) in [4.78, 5) is 22.6. The summed E-state index contributed by atoms with van der Waals surface area (Å²) >= 11 is 0. The highest BCUT2D eigenvalue weighted by atomic mass is 16.6. The van der Waals surface area contributed by atoms with Crippen LogP contribution in [0.25, 0.3) is 0 Å². The molecule has 6 heteroatoms. The fourth-order valence-corrected chi connectivity index (χ4v) is 2.08. The van der Waals surface area contributed by atoms with E-state index in [1.165, 1.54) is 6.07 Å². The zero-order valence-corrected chi connectivity index (χ0v) is 12.3. The van der Waals surface area contributed by atoms with Crippen LogP contribution in [0.15, 0.2) is 12.1 Å². The second-order valence-corrected chi connectivity index (χ2v) is 5.29.